The van der Waals surface area contributed by atoms with Gasteiger partial charge in [0, 0.05) is 17.5 Å². The van der Waals surface area contributed by atoms with Gasteiger partial charge >= 0.3 is 5.97 Å². The first-order valence-corrected chi connectivity index (χ1v) is 6.40. The maximum Gasteiger partial charge on any atom is 0.309 e. The lowest BCUT2D eigenvalue weighted by atomic mass is 9.90. The van der Waals surface area contributed by atoms with Crippen molar-refractivity contribution in [3.63, 3.8) is 0 Å². The van der Waals surface area contributed by atoms with E-state index in [0.29, 0.717) is 19.5 Å². The number of carboxylic acids is 1. The number of hydrogen-bond donors (Lipinski definition) is 2. The van der Waals surface area contributed by atoms with Crippen molar-refractivity contribution in [3.8, 4) is 0 Å². The van der Waals surface area contributed by atoms with E-state index < -0.39 is 11.4 Å². The smallest absolute Gasteiger partial charge is 0.309 e. The van der Waals surface area contributed by atoms with E-state index in [1.165, 1.54) is 0 Å². The molecule has 0 spiro atoms. The third-order valence-electron chi connectivity index (χ3n) is 3.38. The molecule has 0 aliphatic rings. The predicted molar refractivity (Wildman–Crippen MR) is 74.0 cm³/mol. The molecule has 19 heavy (non-hydrogen) atoms. The number of carboxylic acid groups (broad SMARTS) is 1. The highest BCUT2D eigenvalue weighted by atomic mass is 16.4. The summed E-state index contributed by atoms with van der Waals surface area (Å²) in [5.74, 6) is -0.761. The molecule has 2 aromatic rings. The summed E-state index contributed by atoms with van der Waals surface area (Å²) in [6, 6.07) is 7.89. The van der Waals surface area contributed by atoms with E-state index in [2.05, 4.69) is 5.32 Å². The van der Waals surface area contributed by atoms with Gasteiger partial charge in [-0.2, -0.15) is 0 Å². The maximum atomic E-state index is 11.0. The minimum Gasteiger partial charge on any atom is -0.481 e. The Bertz CT molecular complexity index is 572. The quantitative estimate of drug-likeness (QED) is 0.785. The van der Waals surface area contributed by atoms with Gasteiger partial charge in [0.2, 0.25) is 0 Å². The van der Waals surface area contributed by atoms with Crippen LogP contribution in [0.2, 0.25) is 0 Å². The molecule has 0 fully saturated rings. The van der Waals surface area contributed by atoms with Crippen molar-refractivity contribution in [1.29, 1.82) is 0 Å². The maximum absolute atomic E-state index is 11.0. The number of para-hydroxylation sites is 1. The van der Waals surface area contributed by atoms with Crippen LogP contribution in [-0.4, -0.2) is 17.6 Å². The van der Waals surface area contributed by atoms with Gasteiger partial charge < -0.3 is 14.8 Å². The van der Waals surface area contributed by atoms with E-state index in [9.17, 15) is 4.79 Å². The molecule has 0 amide bonds. The van der Waals surface area contributed by atoms with Crippen molar-refractivity contribution >= 4 is 16.9 Å². The normalized spacial score (nSPS) is 11.9. The number of hydrogen-bond acceptors (Lipinski definition) is 3. The molecule has 1 heterocycles. The SMILES string of the molecule is CC(C)(CCNCc1coc2ccccc12)C(=O)O. The van der Waals surface area contributed by atoms with Gasteiger partial charge in [-0.15, -0.1) is 0 Å². The fourth-order valence-electron chi connectivity index (χ4n) is 1.90. The Balaban J connectivity index is 1.88. The summed E-state index contributed by atoms with van der Waals surface area (Å²) >= 11 is 0. The lowest BCUT2D eigenvalue weighted by Crippen LogP contribution is -2.28. The summed E-state index contributed by atoms with van der Waals surface area (Å²) in [6.07, 6.45) is 2.35. The van der Waals surface area contributed by atoms with Crippen molar-refractivity contribution in [3.05, 3.63) is 36.1 Å². The number of rotatable bonds is 6. The molecule has 1 aromatic heterocycles. The fraction of sp³-hybridized carbons (Fsp3) is 0.400. The predicted octanol–water partition coefficient (Wildman–Crippen LogP) is 3.02. The van der Waals surface area contributed by atoms with Crippen molar-refractivity contribution in [2.75, 3.05) is 6.54 Å². The average molecular weight is 261 g/mol. The molecule has 0 saturated carbocycles. The lowest BCUT2D eigenvalue weighted by molar-refractivity contribution is -0.147. The van der Waals surface area contributed by atoms with E-state index in [4.69, 9.17) is 9.52 Å². The van der Waals surface area contributed by atoms with Gasteiger partial charge in [-0.1, -0.05) is 18.2 Å². The molecular formula is C15H19NO3. The van der Waals surface area contributed by atoms with Gasteiger partial charge in [-0.3, -0.25) is 4.79 Å². The largest absolute Gasteiger partial charge is 0.481 e. The molecular weight excluding hydrogens is 242 g/mol. The second-order valence-electron chi connectivity index (χ2n) is 5.37. The van der Waals surface area contributed by atoms with Gasteiger partial charge in [0.1, 0.15) is 5.58 Å². The number of furan rings is 1. The number of nitrogens with one attached hydrogen (secondary N) is 1. The molecule has 0 unspecified atom stereocenters. The average Bonchev–Trinajstić information content (AvgIpc) is 2.78. The molecule has 0 radical (unpaired) electrons. The van der Waals surface area contributed by atoms with E-state index in [1.807, 2.05) is 24.3 Å². The summed E-state index contributed by atoms with van der Waals surface area (Å²) in [5.41, 5.74) is 1.29. The molecule has 4 heteroatoms. The Morgan fingerprint density at radius 3 is 2.84 bits per heavy atom. The van der Waals surface area contributed by atoms with Crippen LogP contribution in [0.5, 0.6) is 0 Å². The summed E-state index contributed by atoms with van der Waals surface area (Å²) < 4.78 is 5.45. The number of carbonyl (C=O) groups is 1. The standard InChI is InChI=1S/C15H19NO3/c1-15(2,14(17)18)7-8-16-9-11-10-19-13-6-4-3-5-12(11)13/h3-6,10,16H,7-9H2,1-2H3,(H,17,18). The van der Waals surface area contributed by atoms with E-state index in [1.54, 1.807) is 20.1 Å². The van der Waals surface area contributed by atoms with Crippen LogP contribution in [0.1, 0.15) is 25.8 Å². The van der Waals surface area contributed by atoms with E-state index in [0.717, 1.165) is 16.5 Å². The van der Waals surface area contributed by atoms with Gasteiger partial charge in [0.05, 0.1) is 11.7 Å². The molecule has 0 atom stereocenters. The Hall–Kier alpha value is -1.81. The minimum absolute atomic E-state index is 0.595. The molecule has 0 aliphatic heterocycles. The highest BCUT2D eigenvalue weighted by Crippen LogP contribution is 2.21. The Kier molecular flexibility index (Phi) is 3.90. The summed E-state index contributed by atoms with van der Waals surface area (Å²) in [5, 5.41) is 13.4. The highest BCUT2D eigenvalue weighted by molar-refractivity contribution is 5.80. The zero-order valence-electron chi connectivity index (χ0n) is 11.3. The molecule has 0 bridgehead atoms. The minimum atomic E-state index is -0.761. The number of benzene rings is 1. The topological polar surface area (TPSA) is 62.5 Å². The Morgan fingerprint density at radius 1 is 1.37 bits per heavy atom. The molecule has 4 nitrogen and oxygen atoms in total. The molecule has 2 rings (SSSR count). The summed E-state index contributed by atoms with van der Waals surface area (Å²) in [4.78, 5) is 11.0. The first kappa shape index (κ1) is 13.6. The van der Waals surface area contributed by atoms with Crippen LogP contribution in [0, 0.1) is 5.41 Å². The van der Waals surface area contributed by atoms with Crippen molar-refractivity contribution < 1.29 is 14.3 Å². The van der Waals surface area contributed by atoms with Crippen LogP contribution >= 0.6 is 0 Å². The van der Waals surface area contributed by atoms with Crippen LogP contribution in [0.3, 0.4) is 0 Å². The van der Waals surface area contributed by atoms with Gasteiger partial charge in [-0.25, -0.2) is 0 Å². The van der Waals surface area contributed by atoms with Crippen molar-refractivity contribution in [2.24, 2.45) is 5.41 Å². The third-order valence-corrected chi connectivity index (χ3v) is 3.38. The molecule has 2 N–H and O–H groups in total. The number of aliphatic carboxylic acids is 1. The molecule has 0 aliphatic carbocycles. The zero-order valence-corrected chi connectivity index (χ0v) is 11.3. The van der Waals surface area contributed by atoms with Crippen LogP contribution < -0.4 is 5.32 Å². The van der Waals surface area contributed by atoms with Gasteiger partial charge in [0.25, 0.3) is 0 Å². The second kappa shape index (κ2) is 5.45. The highest BCUT2D eigenvalue weighted by Gasteiger charge is 2.26. The monoisotopic (exact) mass is 261 g/mol. The molecule has 102 valence electrons. The zero-order chi connectivity index (χ0) is 13.9. The van der Waals surface area contributed by atoms with Gasteiger partial charge in [-0.05, 0) is 32.9 Å². The Labute approximate surface area is 112 Å². The molecule has 1 aromatic carbocycles. The first-order valence-electron chi connectivity index (χ1n) is 6.40. The van der Waals surface area contributed by atoms with Crippen molar-refractivity contribution in [2.45, 2.75) is 26.8 Å². The van der Waals surface area contributed by atoms with Crippen LogP contribution in [0.4, 0.5) is 0 Å². The summed E-state index contributed by atoms with van der Waals surface area (Å²) in [6.45, 7) is 4.83. The third kappa shape index (κ3) is 3.15. The molecule has 0 saturated heterocycles. The van der Waals surface area contributed by atoms with Crippen LogP contribution in [-0.2, 0) is 11.3 Å². The Morgan fingerprint density at radius 2 is 2.11 bits per heavy atom. The number of fused-ring (bicyclic) bond motifs is 1. The second-order valence-corrected chi connectivity index (χ2v) is 5.37. The van der Waals surface area contributed by atoms with Crippen molar-refractivity contribution in [1.82, 2.24) is 5.32 Å². The first-order chi connectivity index (χ1) is 9.00. The van der Waals surface area contributed by atoms with Gasteiger partial charge in [0.15, 0.2) is 0 Å². The summed E-state index contributed by atoms with van der Waals surface area (Å²) in [7, 11) is 0. The lowest BCUT2D eigenvalue weighted by Gasteiger charge is -2.18. The fourth-order valence-corrected chi connectivity index (χ4v) is 1.90. The van der Waals surface area contributed by atoms with E-state index >= 15 is 0 Å². The van der Waals surface area contributed by atoms with Crippen LogP contribution in [0.15, 0.2) is 34.9 Å². The van der Waals surface area contributed by atoms with Crippen LogP contribution in [0.25, 0.3) is 11.0 Å². The van der Waals surface area contributed by atoms with E-state index in [-0.39, 0.29) is 0 Å².